The minimum Gasteiger partial charge on any atom is -0.393 e. The van der Waals surface area contributed by atoms with E-state index in [0.717, 1.165) is 32.1 Å². The van der Waals surface area contributed by atoms with E-state index in [1.807, 2.05) is 13.8 Å². The molecule has 5 nitrogen and oxygen atoms in total. The Balaban J connectivity index is 1.47. The second-order valence-corrected chi connectivity index (χ2v) is 12.9. The molecule has 0 unspecified atom stereocenters. The van der Waals surface area contributed by atoms with Crippen LogP contribution in [0, 0.1) is 52.3 Å². The van der Waals surface area contributed by atoms with Crippen LogP contribution in [0.25, 0.3) is 0 Å². The van der Waals surface area contributed by atoms with Crippen LogP contribution in [0.4, 0.5) is 0 Å². The zero-order valence-corrected chi connectivity index (χ0v) is 20.4. The van der Waals surface area contributed by atoms with Gasteiger partial charge < -0.3 is 14.9 Å². The van der Waals surface area contributed by atoms with Crippen LogP contribution in [-0.2, 0) is 14.3 Å². The number of aliphatic hydroxyl groups is 2. The highest BCUT2D eigenvalue weighted by molar-refractivity contribution is 5.85. The Labute approximate surface area is 192 Å². The molecule has 0 amide bonds. The van der Waals surface area contributed by atoms with Crippen molar-refractivity contribution in [3.63, 3.8) is 0 Å². The summed E-state index contributed by atoms with van der Waals surface area (Å²) in [4.78, 5) is 26.1. The van der Waals surface area contributed by atoms with Gasteiger partial charge in [-0.15, -0.1) is 0 Å². The smallest absolute Gasteiger partial charge is 0.164 e. The van der Waals surface area contributed by atoms with E-state index >= 15 is 0 Å². The Bertz CT molecular complexity index is 793. The van der Waals surface area contributed by atoms with Crippen molar-refractivity contribution in [3.8, 4) is 0 Å². The van der Waals surface area contributed by atoms with Gasteiger partial charge in [0.1, 0.15) is 11.9 Å². The van der Waals surface area contributed by atoms with Gasteiger partial charge >= 0.3 is 0 Å². The van der Waals surface area contributed by atoms with Crippen LogP contribution in [0.3, 0.4) is 0 Å². The summed E-state index contributed by atoms with van der Waals surface area (Å²) in [6.45, 7) is 10.7. The topological polar surface area (TPSA) is 83.8 Å². The summed E-state index contributed by atoms with van der Waals surface area (Å²) in [6, 6.07) is 0. The molecule has 180 valence electrons. The largest absolute Gasteiger partial charge is 0.393 e. The van der Waals surface area contributed by atoms with Crippen molar-refractivity contribution in [2.24, 2.45) is 52.3 Å². The molecule has 0 aromatic carbocycles. The van der Waals surface area contributed by atoms with E-state index < -0.39 is 12.2 Å². The maximum Gasteiger partial charge on any atom is 0.164 e. The maximum atomic E-state index is 13.4. The lowest BCUT2D eigenvalue weighted by molar-refractivity contribution is -0.188. The molecule has 0 aromatic heterocycles. The summed E-state index contributed by atoms with van der Waals surface area (Å²) in [5, 5.41) is 21.8. The second-order valence-electron chi connectivity index (χ2n) is 12.9. The molecule has 1 heterocycles. The third-order valence-electron chi connectivity index (χ3n) is 10.9. The normalized spacial score (nSPS) is 55.1. The summed E-state index contributed by atoms with van der Waals surface area (Å²) in [5.41, 5.74) is -0.287. The Morgan fingerprint density at radius 2 is 1.81 bits per heavy atom. The molecule has 4 aliphatic carbocycles. The molecule has 0 aromatic rings. The zero-order chi connectivity index (χ0) is 23.2. The third-order valence-corrected chi connectivity index (χ3v) is 10.9. The number of fused-ring (bicyclic) bond motifs is 7. The van der Waals surface area contributed by atoms with Gasteiger partial charge in [-0.2, -0.15) is 0 Å². The summed E-state index contributed by atoms with van der Waals surface area (Å²) >= 11 is 0. The van der Waals surface area contributed by atoms with Gasteiger partial charge in [0.15, 0.2) is 5.78 Å². The van der Waals surface area contributed by atoms with Crippen LogP contribution in [0.15, 0.2) is 0 Å². The fraction of sp³-hybridized carbons (Fsp3) is 0.926. The van der Waals surface area contributed by atoms with Crippen LogP contribution in [-0.4, -0.2) is 46.2 Å². The van der Waals surface area contributed by atoms with Crippen molar-refractivity contribution in [3.05, 3.63) is 0 Å². The molecule has 0 spiro atoms. The van der Waals surface area contributed by atoms with Gasteiger partial charge in [0.25, 0.3) is 0 Å². The first-order chi connectivity index (χ1) is 15.0. The average molecular weight is 447 g/mol. The highest BCUT2D eigenvalue weighted by Gasteiger charge is 2.68. The molecule has 32 heavy (non-hydrogen) atoms. The summed E-state index contributed by atoms with van der Waals surface area (Å²) in [6.07, 6.45) is 3.96. The van der Waals surface area contributed by atoms with Crippen molar-refractivity contribution in [2.45, 2.75) is 104 Å². The molecule has 4 saturated carbocycles. The average Bonchev–Trinajstić information content (AvgIpc) is 3.01. The Morgan fingerprint density at radius 1 is 1.09 bits per heavy atom. The monoisotopic (exact) mass is 446 g/mol. The van der Waals surface area contributed by atoms with Crippen LogP contribution in [0.5, 0.6) is 0 Å². The lowest BCUT2D eigenvalue weighted by atomic mass is 9.43. The molecule has 0 radical (unpaired) electrons. The Hall–Kier alpha value is -0.780. The number of Topliss-reactive ketones (excluding diaryl/α,β-unsaturated/α-hetero) is 2. The first-order valence-corrected chi connectivity index (χ1v) is 13.1. The number of aliphatic hydroxyl groups excluding tert-OH is 2. The third kappa shape index (κ3) is 3.13. The molecule has 0 bridgehead atoms. The molecule has 1 aliphatic heterocycles. The minimum absolute atomic E-state index is 0.0243. The predicted molar refractivity (Wildman–Crippen MR) is 121 cm³/mol. The molecule has 2 N–H and O–H groups in total. The van der Waals surface area contributed by atoms with Crippen LogP contribution in [0.1, 0.15) is 79.6 Å². The van der Waals surface area contributed by atoms with Gasteiger partial charge in [-0.25, -0.2) is 0 Å². The standard InChI is InChI=1S/C27H42O5/c1-13(2)25(31)22-8-14(3)23-21(32-22)11-17-16-10-19(29)18-9-15(28)6-7-26(18,4)24(16)20(30)12-27(17,23)5/h13-18,20-24,28,30H,6-12H2,1-5H3/t14-,15+,16+,17-,18-,20-,21-,22+,23-,24-,26+,27+/m1/s1. The molecule has 1 saturated heterocycles. The van der Waals surface area contributed by atoms with Crippen molar-refractivity contribution >= 4 is 11.6 Å². The van der Waals surface area contributed by atoms with E-state index in [9.17, 15) is 19.8 Å². The van der Waals surface area contributed by atoms with E-state index in [-0.39, 0.29) is 52.5 Å². The number of ether oxygens (including phenoxy) is 1. The van der Waals surface area contributed by atoms with E-state index in [4.69, 9.17) is 4.74 Å². The molecule has 12 atom stereocenters. The number of rotatable bonds is 2. The first kappa shape index (κ1) is 23.0. The van der Waals surface area contributed by atoms with Gasteiger partial charge in [-0.3, -0.25) is 9.59 Å². The SMILES string of the molecule is CC(C)C(=O)[C@@H]1C[C@@H](C)[C@@H]2[C@@H](C[C@@H]3[C@@H]4CC(=O)[C@H]5C[C@@H](O)CC[C@]5(C)[C@H]4[C@H](O)C[C@]23C)O1. The number of hydrogen-bond acceptors (Lipinski definition) is 5. The van der Waals surface area contributed by atoms with Crippen LogP contribution < -0.4 is 0 Å². The fourth-order valence-corrected chi connectivity index (χ4v) is 9.65. The van der Waals surface area contributed by atoms with Gasteiger partial charge in [-0.05, 0) is 78.9 Å². The second kappa shape index (κ2) is 7.61. The first-order valence-electron chi connectivity index (χ1n) is 13.1. The van der Waals surface area contributed by atoms with Crippen molar-refractivity contribution in [1.29, 1.82) is 0 Å². The van der Waals surface area contributed by atoms with Gasteiger partial charge in [0.2, 0.25) is 0 Å². The van der Waals surface area contributed by atoms with Gasteiger partial charge in [0.05, 0.1) is 18.3 Å². The number of carbonyl (C=O) groups is 2. The minimum atomic E-state index is -0.418. The zero-order valence-electron chi connectivity index (χ0n) is 20.4. The van der Waals surface area contributed by atoms with Crippen molar-refractivity contribution in [2.75, 3.05) is 0 Å². The van der Waals surface area contributed by atoms with E-state index in [0.29, 0.717) is 36.4 Å². The molecular formula is C27H42O5. The van der Waals surface area contributed by atoms with Gasteiger partial charge in [0, 0.05) is 18.3 Å². The van der Waals surface area contributed by atoms with E-state index in [1.54, 1.807) is 0 Å². The quantitative estimate of drug-likeness (QED) is 0.674. The Kier molecular flexibility index (Phi) is 5.47. The van der Waals surface area contributed by atoms with Crippen LogP contribution >= 0.6 is 0 Å². The number of ketones is 2. The van der Waals surface area contributed by atoms with E-state index in [1.165, 1.54) is 0 Å². The maximum absolute atomic E-state index is 13.4. The van der Waals surface area contributed by atoms with Crippen LogP contribution in [0.2, 0.25) is 0 Å². The number of hydrogen-bond donors (Lipinski definition) is 2. The molecular weight excluding hydrogens is 404 g/mol. The fourth-order valence-electron chi connectivity index (χ4n) is 9.65. The Morgan fingerprint density at radius 3 is 2.50 bits per heavy atom. The molecule has 5 aliphatic rings. The summed E-state index contributed by atoms with van der Waals surface area (Å²) < 4.78 is 6.50. The molecule has 5 heteroatoms. The van der Waals surface area contributed by atoms with Crippen molar-refractivity contribution < 1.29 is 24.5 Å². The summed E-state index contributed by atoms with van der Waals surface area (Å²) in [5.74, 6) is 1.67. The lowest BCUT2D eigenvalue weighted by Crippen LogP contribution is -2.61. The van der Waals surface area contributed by atoms with Gasteiger partial charge in [-0.1, -0.05) is 34.6 Å². The van der Waals surface area contributed by atoms with E-state index in [2.05, 4.69) is 20.8 Å². The number of carbonyl (C=O) groups excluding carboxylic acids is 2. The molecule has 5 rings (SSSR count). The summed E-state index contributed by atoms with van der Waals surface area (Å²) in [7, 11) is 0. The highest BCUT2D eigenvalue weighted by atomic mass is 16.5. The van der Waals surface area contributed by atoms with Crippen molar-refractivity contribution in [1.82, 2.24) is 0 Å². The predicted octanol–water partition coefficient (Wildman–Crippen LogP) is 3.78. The lowest BCUT2D eigenvalue weighted by Gasteiger charge is -2.62. The highest BCUT2D eigenvalue weighted by Crippen LogP contribution is 2.68. The molecule has 5 fully saturated rings.